The average Bonchev–Trinajstić information content (AvgIpc) is 2.84. The highest BCUT2D eigenvalue weighted by Gasteiger charge is 2.34. The molecule has 1 aromatic rings. The molecule has 2 amide bonds. The number of halogens is 1. The molecular formula is C18H24FN3O4. The molecule has 1 atom stereocenters. The van der Waals surface area contributed by atoms with Crippen LogP contribution in [0.15, 0.2) is 18.2 Å². The van der Waals surface area contributed by atoms with Gasteiger partial charge in [-0.1, -0.05) is 6.92 Å². The van der Waals surface area contributed by atoms with Crippen LogP contribution in [-0.2, 0) is 14.3 Å². The lowest BCUT2D eigenvalue weighted by Crippen LogP contribution is -2.34. The van der Waals surface area contributed by atoms with Gasteiger partial charge in [0.2, 0.25) is 5.91 Å². The highest BCUT2D eigenvalue weighted by Crippen LogP contribution is 2.28. The first-order valence-electron chi connectivity index (χ1n) is 8.95. The first-order valence-corrected chi connectivity index (χ1v) is 8.95. The van der Waals surface area contributed by atoms with Gasteiger partial charge in [-0.2, -0.15) is 0 Å². The van der Waals surface area contributed by atoms with Crippen LogP contribution in [0.2, 0.25) is 0 Å². The molecule has 0 aromatic heterocycles. The van der Waals surface area contributed by atoms with Crippen molar-refractivity contribution in [1.82, 2.24) is 5.32 Å². The summed E-state index contributed by atoms with van der Waals surface area (Å²) in [6.07, 6.45) is 0.171. The Labute approximate surface area is 152 Å². The molecule has 2 fully saturated rings. The van der Waals surface area contributed by atoms with Crippen molar-refractivity contribution >= 4 is 23.4 Å². The predicted molar refractivity (Wildman–Crippen MR) is 95.0 cm³/mol. The van der Waals surface area contributed by atoms with E-state index in [1.807, 2.05) is 6.07 Å². The smallest absolute Gasteiger partial charge is 0.414 e. The summed E-state index contributed by atoms with van der Waals surface area (Å²) in [6.45, 7) is 5.03. The largest absolute Gasteiger partial charge is 0.442 e. The number of amides is 2. The molecule has 2 aliphatic rings. The van der Waals surface area contributed by atoms with Crippen LogP contribution in [0, 0.1) is 5.82 Å². The molecule has 1 aromatic carbocycles. The maximum atomic E-state index is 14.7. The van der Waals surface area contributed by atoms with Crippen LogP contribution in [-0.4, -0.2) is 57.5 Å². The SMILES string of the molecule is CCC(=O)NC[C@H]1CN(c2ccc(N3CCCOCC3)cc2F)C(=O)O1. The van der Waals surface area contributed by atoms with Crippen molar-refractivity contribution < 1.29 is 23.5 Å². The quantitative estimate of drug-likeness (QED) is 0.863. The summed E-state index contributed by atoms with van der Waals surface area (Å²) in [6, 6.07) is 4.86. The summed E-state index contributed by atoms with van der Waals surface area (Å²) in [5, 5.41) is 2.68. The average molecular weight is 365 g/mol. The van der Waals surface area contributed by atoms with E-state index in [1.54, 1.807) is 13.0 Å². The molecule has 142 valence electrons. The molecular weight excluding hydrogens is 341 g/mol. The summed E-state index contributed by atoms with van der Waals surface area (Å²) in [4.78, 5) is 26.8. The van der Waals surface area contributed by atoms with E-state index < -0.39 is 18.0 Å². The van der Waals surface area contributed by atoms with Crippen LogP contribution in [0.25, 0.3) is 0 Å². The Morgan fingerprint density at radius 3 is 2.96 bits per heavy atom. The number of benzene rings is 1. The zero-order valence-electron chi connectivity index (χ0n) is 14.9. The van der Waals surface area contributed by atoms with E-state index in [9.17, 15) is 14.0 Å². The van der Waals surface area contributed by atoms with E-state index in [1.165, 1.54) is 11.0 Å². The fourth-order valence-corrected chi connectivity index (χ4v) is 3.09. The fraction of sp³-hybridized carbons (Fsp3) is 0.556. The summed E-state index contributed by atoms with van der Waals surface area (Å²) in [7, 11) is 0. The maximum Gasteiger partial charge on any atom is 0.414 e. The number of cyclic esters (lactones) is 1. The van der Waals surface area contributed by atoms with Crippen molar-refractivity contribution in [1.29, 1.82) is 0 Å². The number of nitrogens with zero attached hydrogens (tertiary/aromatic N) is 2. The Kier molecular flexibility index (Phi) is 5.92. The van der Waals surface area contributed by atoms with Crippen molar-refractivity contribution in [2.45, 2.75) is 25.9 Å². The van der Waals surface area contributed by atoms with Crippen molar-refractivity contribution in [3.63, 3.8) is 0 Å². The first-order chi connectivity index (χ1) is 12.6. The molecule has 0 spiro atoms. The zero-order valence-corrected chi connectivity index (χ0v) is 14.9. The standard InChI is InChI=1S/C18H24FN3O4/c1-2-17(23)20-11-14-12-22(18(24)26-14)16-5-4-13(10-15(16)19)21-6-3-8-25-9-7-21/h4-5,10,14H,2-3,6-9,11-12H2,1H3,(H,20,23)/t14-/m0/s1. The van der Waals surface area contributed by atoms with Crippen molar-refractivity contribution in [2.75, 3.05) is 49.2 Å². The van der Waals surface area contributed by atoms with E-state index in [-0.39, 0.29) is 24.7 Å². The lowest BCUT2D eigenvalue weighted by molar-refractivity contribution is -0.121. The first kappa shape index (κ1) is 18.4. The van der Waals surface area contributed by atoms with Gasteiger partial charge in [0.1, 0.15) is 11.9 Å². The molecule has 7 nitrogen and oxygen atoms in total. The van der Waals surface area contributed by atoms with Gasteiger partial charge in [0, 0.05) is 31.8 Å². The Hall–Kier alpha value is -2.35. The molecule has 0 unspecified atom stereocenters. The van der Waals surface area contributed by atoms with Gasteiger partial charge in [-0.25, -0.2) is 9.18 Å². The van der Waals surface area contributed by atoms with Gasteiger partial charge >= 0.3 is 6.09 Å². The second-order valence-corrected chi connectivity index (χ2v) is 6.36. The molecule has 8 heteroatoms. The Morgan fingerprint density at radius 2 is 2.19 bits per heavy atom. The van der Waals surface area contributed by atoms with Crippen LogP contribution in [0.3, 0.4) is 0 Å². The number of rotatable bonds is 5. The molecule has 0 radical (unpaired) electrons. The molecule has 1 N–H and O–H groups in total. The predicted octanol–water partition coefficient (Wildman–Crippen LogP) is 1.90. The molecule has 0 saturated carbocycles. The van der Waals surface area contributed by atoms with Gasteiger partial charge in [0.05, 0.1) is 25.4 Å². The molecule has 2 aliphatic heterocycles. The minimum Gasteiger partial charge on any atom is -0.442 e. The number of nitrogens with one attached hydrogen (secondary N) is 1. The van der Waals surface area contributed by atoms with Gasteiger partial charge in [0.15, 0.2) is 0 Å². The maximum absolute atomic E-state index is 14.7. The van der Waals surface area contributed by atoms with E-state index in [0.717, 1.165) is 18.7 Å². The summed E-state index contributed by atoms with van der Waals surface area (Å²) in [5.41, 5.74) is 0.963. The third-order valence-electron chi connectivity index (χ3n) is 4.53. The van der Waals surface area contributed by atoms with Crippen molar-refractivity contribution in [3.8, 4) is 0 Å². The molecule has 0 bridgehead atoms. The van der Waals surface area contributed by atoms with E-state index >= 15 is 0 Å². The summed E-state index contributed by atoms with van der Waals surface area (Å²) < 4.78 is 25.3. The Balaban J connectivity index is 1.67. The lowest BCUT2D eigenvalue weighted by Gasteiger charge is -2.23. The van der Waals surface area contributed by atoms with Crippen molar-refractivity contribution in [3.05, 3.63) is 24.0 Å². The number of hydrogen-bond acceptors (Lipinski definition) is 5. The van der Waals surface area contributed by atoms with Crippen LogP contribution < -0.4 is 15.1 Å². The molecule has 3 rings (SSSR count). The normalized spacial score (nSPS) is 20.7. The lowest BCUT2D eigenvalue weighted by atomic mass is 10.2. The Morgan fingerprint density at radius 1 is 1.35 bits per heavy atom. The van der Waals surface area contributed by atoms with Gasteiger partial charge in [0.25, 0.3) is 0 Å². The minimum atomic E-state index is -0.601. The van der Waals surface area contributed by atoms with Crippen LogP contribution in [0.4, 0.5) is 20.6 Å². The highest BCUT2D eigenvalue weighted by molar-refractivity contribution is 5.90. The molecule has 26 heavy (non-hydrogen) atoms. The number of carbonyl (C=O) groups is 2. The minimum absolute atomic E-state index is 0.114. The van der Waals surface area contributed by atoms with Crippen molar-refractivity contribution in [2.24, 2.45) is 0 Å². The van der Waals surface area contributed by atoms with E-state index in [4.69, 9.17) is 9.47 Å². The highest BCUT2D eigenvalue weighted by atomic mass is 19.1. The van der Waals surface area contributed by atoms with Gasteiger partial charge < -0.3 is 19.7 Å². The van der Waals surface area contributed by atoms with E-state index in [2.05, 4.69) is 10.2 Å². The van der Waals surface area contributed by atoms with Crippen LogP contribution in [0.1, 0.15) is 19.8 Å². The van der Waals surface area contributed by atoms with E-state index in [0.29, 0.717) is 26.2 Å². The number of ether oxygens (including phenoxy) is 2. The topological polar surface area (TPSA) is 71.1 Å². The van der Waals surface area contributed by atoms with Gasteiger partial charge in [-0.3, -0.25) is 9.69 Å². The monoisotopic (exact) mass is 365 g/mol. The second-order valence-electron chi connectivity index (χ2n) is 6.36. The third-order valence-corrected chi connectivity index (χ3v) is 4.53. The van der Waals surface area contributed by atoms with Gasteiger partial charge in [-0.15, -0.1) is 0 Å². The number of anilines is 2. The third kappa shape index (κ3) is 4.24. The molecule has 2 heterocycles. The van der Waals surface area contributed by atoms with Crippen LogP contribution in [0.5, 0.6) is 0 Å². The Bertz CT molecular complexity index is 662. The number of carbonyl (C=O) groups excluding carboxylic acids is 2. The second kappa shape index (κ2) is 8.35. The molecule has 0 aliphatic carbocycles. The fourth-order valence-electron chi connectivity index (χ4n) is 3.09. The zero-order chi connectivity index (χ0) is 18.5. The van der Waals surface area contributed by atoms with Gasteiger partial charge in [-0.05, 0) is 24.6 Å². The molecule has 2 saturated heterocycles. The van der Waals surface area contributed by atoms with Crippen LogP contribution >= 0.6 is 0 Å². The number of hydrogen-bond donors (Lipinski definition) is 1. The summed E-state index contributed by atoms with van der Waals surface area (Å²) >= 11 is 0. The summed E-state index contributed by atoms with van der Waals surface area (Å²) in [5.74, 6) is -0.584.